The fourth-order valence-corrected chi connectivity index (χ4v) is 7.84. The van der Waals surface area contributed by atoms with Gasteiger partial charge in [-0.25, -0.2) is 0 Å². The van der Waals surface area contributed by atoms with Crippen LogP contribution in [0.5, 0.6) is 0 Å². The summed E-state index contributed by atoms with van der Waals surface area (Å²) >= 11 is 0. The summed E-state index contributed by atoms with van der Waals surface area (Å²) in [7, 11) is 0. The maximum atomic E-state index is 10.5. The van der Waals surface area contributed by atoms with Gasteiger partial charge in [0.2, 0.25) is 0 Å². The topological polar surface area (TPSA) is 71.4 Å². The van der Waals surface area contributed by atoms with Crippen molar-refractivity contribution in [3.63, 3.8) is 0 Å². The summed E-state index contributed by atoms with van der Waals surface area (Å²) in [6.45, 7) is 0. The summed E-state index contributed by atoms with van der Waals surface area (Å²) in [6.07, 6.45) is 0. The molecule has 0 unspecified atom stereocenters. The maximum Gasteiger partial charge on any atom is 0.0998 e. The van der Waals surface area contributed by atoms with Crippen LogP contribution in [-0.2, 0) is 0 Å². The molecular formula is C57H35N3. The van der Waals surface area contributed by atoms with Crippen LogP contribution in [0.25, 0.3) is 89.0 Å². The van der Waals surface area contributed by atoms with Crippen LogP contribution in [0, 0.1) is 34.0 Å². The van der Waals surface area contributed by atoms with Crippen LogP contribution in [0.1, 0.15) is 16.7 Å². The molecule has 0 saturated heterocycles. The van der Waals surface area contributed by atoms with Gasteiger partial charge in [-0.1, -0.05) is 158 Å². The normalized spacial score (nSPS) is 10.6. The molecule has 0 radical (unpaired) electrons. The number of hydrogen-bond acceptors (Lipinski definition) is 3. The molecule has 60 heavy (non-hydrogen) atoms. The van der Waals surface area contributed by atoms with Crippen molar-refractivity contribution in [1.82, 2.24) is 0 Å². The smallest absolute Gasteiger partial charge is 0.0998 e. The van der Waals surface area contributed by atoms with Gasteiger partial charge in [0.05, 0.1) is 34.9 Å². The van der Waals surface area contributed by atoms with Crippen LogP contribution in [-0.4, -0.2) is 0 Å². The molecule has 278 valence electrons. The number of hydrogen-bond donors (Lipinski definition) is 0. The molecule has 0 atom stereocenters. The first-order chi connectivity index (χ1) is 29.5. The lowest BCUT2D eigenvalue weighted by atomic mass is 9.91. The summed E-state index contributed by atoms with van der Waals surface area (Å²) in [4.78, 5) is 0. The second-order valence-electron chi connectivity index (χ2n) is 14.7. The van der Waals surface area contributed by atoms with Crippen molar-refractivity contribution in [2.45, 2.75) is 0 Å². The molecule has 9 aromatic carbocycles. The van der Waals surface area contributed by atoms with Crippen LogP contribution in [0.2, 0.25) is 0 Å². The molecule has 0 aliphatic rings. The molecule has 0 aliphatic heterocycles. The van der Waals surface area contributed by atoms with Gasteiger partial charge < -0.3 is 0 Å². The predicted molar refractivity (Wildman–Crippen MR) is 244 cm³/mol. The molecule has 0 fully saturated rings. The van der Waals surface area contributed by atoms with Crippen molar-refractivity contribution in [3.8, 4) is 107 Å². The first-order valence-corrected chi connectivity index (χ1v) is 19.7. The number of nitrogens with zero attached hydrogens (tertiary/aromatic N) is 3. The van der Waals surface area contributed by atoms with Gasteiger partial charge in [0.15, 0.2) is 0 Å². The van der Waals surface area contributed by atoms with Gasteiger partial charge in [0.25, 0.3) is 0 Å². The largest absolute Gasteiger partial charge is 0.192 e. The lowest BCUT2D eigenvalue weighted by molar-refractivity contribution is 1.46. The second-order valence-corrected chi connectivity index (χ2v) is 14.7. The van der Waals surface area contributed by atoms with E-state index in [0.29, 0.717) is 16.7 Å². The lowest BCUT2D eigenvalue weighted by Crippen LogP contribution is -1.90. The van der Waals surface area contributed by atoms with E-state index < -0.39 is 0 Å². The quantitative estimate of drug-likeness (QED) is 0.155. The second kappa shape index (κ2) is 16.5. The van der Waals surface area contributed by atoms with Gasteiger partial charge in [-0.2, -0.15) is 15.8 Å². The van der Waals surface area contributed by atoms with E-state index >= 15 is 0 Å². The molecule has 9 aromatic rings. The number of nitriles is 3. The third kappa shape index (κ3) is 7.74. The Bertz CT molecular complexity index is 3140. The van der Waals surface area contributed by atoms with Crippen LogP contribution in [0.3, 0.4) is 0 Å². The van der Waals surface area contributed by atoms with Crippen LogP contribution < -0.4 is 0 Å². The zero-order valence-electron chi connectivity index (χ0n) is 32.5. The number of benzene rings is 9. The third-order valence-corrected chi connectivity index (χ3v) is 11.0. The van der Waals surface area contributed by atoms with Crippen molar-refractivity contribution in [2.75, 3.05) is 0 Å². The highest BCUT2D eigenvalue weighted by Crippen LogP contribution is 2.36. The highest BCUT2D eigenvalue weighted by atomic mass is 14.3. The van der Waals surface area contributed by atoms with Crippen molar-refractivity contribution >= 4 is 0 Å². The Morgan fingerprint density at radius 1 is 0.217 bits per heavy atom. The van der Waals surface area contributed by atoms with E-state index in [9.17, 15) is 15.8 Å². The lowest BCUT2D eigenvalue weighted by Gasteiger charge is -2.13. The monoisotopic (exact) mass is 761 g/mol. The van der Waals surface area contributed by atoms with Crippen LogP contribution >= 0.6 is 0 Å². The molecule has 0 aliphatic carbocycles. The van der Waals surface area contributed by atoms with Gasteiger partial charge >= 0.3 is 0 Å². The molecule has 0 heterocycles. The number of rotatable bonds is 8. The first-order valence-electron chi connectivity index (χ1n) is 19.7. The summed E-state index contributed by atoms with van der Waals surface area (Å²) in [6, 6.07) is 78.9. The molecule has 0 aromatic heterocycles. The van der Waals surface area contributed by atoms with Crippen molar-refractivity contribution in [2.24, 2.45) is 0 Å². The van der Waals surface area contributed by atoms with E-state index in [1.165, 1.54) is 0 Å². The highest BCUT2D eigenvalue weighted by Gasteiger charge is 2.13. The Morgan fingerprint density at radius 3 is 0.950 bits per heavy atom. The van der Waals surface area contributed by atoms with E-state index in [1.54, 1.807) is 0 Å². The Morgan fingerprint density at radius 2 is 0.517 bits per heavy atom. The summed E-state index contributed by atoms with van der Waals surface area (Å²) in [5.41, 5.74) is 17.8. The molecule has 9 rings (SSSR count). The Hall–Kier alpha value is -8.55. The zero-order chi connectivity index (χ0) is 40.8. The van der Waals surface area contributed by atoms with Crippen molar-refractivity contribution < 1.29 is 0 Å². The molecule has 0 bridgehead atoms. The average molecular weight is 762 g/mol. The third-order valence-electron chi connectivity index (χ3n) is 11.0. The fourth-order valence-electron chi connectivity index (χ4n) is 7.84. The van der Waals surface area contributed by atoms with E-state index in [-0.39, 0.29) is 0 Å². The molecule has 0 amide bonds. The SMILES string of the molecule is N#Cc1cc(-c2ccc(-c3ccccc3)cc2)cc(-c2cccc(-c3ccc(-c4cccc(-c5cc(C#N)cc(-c6ccc(-c7ccccc7)cc6)c5)c4)c(C#N)c3)c2)c1. The van der Waals surface area contributed by atoms with Gasteiger partial charge in [0, 0.05) is 0 Å². The minimum absolute atomic E-state index is 0.563. The van der Waals surface area contributed by atoms with Crippen LogP contribution in [0.4, 0.5) is 0 Å². The van der Waals surface area contributed by atoms with Gasteiger partial charge in [-0.15, -0.1) is 0 Å². The van der Waals surface area contributed by atoms with Gasteiger partial charge in [-0.05, 0) is 144 Å². The van der Waals surface area contributed by atoms with Crippen molar-refractivity contribution in [3.05, 3.63) is 229 Å². The molecule has 0 spiro atoms. The van der Waals surface area contributed by atoms with E-state index in [2.05, 4.69) is 127 Å². The summed E-state index contributed by atoms with van der Waals surface area (Å²) in [5.74, 6) is 0. The minimum Gasteiger partial charge on any atom is -0.192 e. The van der Waals surface area contributed by atoms with E-state index in [1.807, 2.05) is 103 Å². The Balaban J connectivity index is 1.00. The molecular weight excluding hydrogens is 727 g/mol. The first kappa shape index (κ1) is 37.1. The van der Waals surface area contributed by atoms with E-state index in [0.717, 1.165) is 89.0 Å². The average Bonchev–Trinajstić information content (AvgIpc) is 3.34. The van der Waals surface area contributed by atoms with Crippen LogP contribution in [0.15, 0.2) is 212 Å². The van der Waals surface area contributed by atoms with Gasteiger partial charge in [0.1, 0.15) is 0 Å². The summed E-state index contributed by atoms with van der Waals surface area (Å²) < 4.78 is 0. The molecule has 0 N–H and O–H groups in total. The van der Waals surface area contributed by atoms with Crippen molar-refractivity contribution in [1.29, 1.82) is 15.8 Å². The zero-order valence-corrected chi connectivity index (χ0v) is 32.5. The predicted octanol–water partition coefficient (Wildman–Crippen LogP) is 14.6. The summed E-state index contributed by atoms with van der Waals surface area (Å²) in [5, 5.41) is 30.5. The van der Waals surface area contributed by atoms with Gasteiger partial charge in [-0.3, -0.25) is 0 Å². The fraction of sp³-hybridized carbons (Fsp3) is 0. The Labute approximate surface area is 350 Å². The highest BCUT2D eigenvalue weighted by molar-refractivity contribution is 5.84. The van der Waals surface area contributed by atoms with E-state index in [4.69, 9.17) is 0 Å². The Kier molecular flexibility index (Phi) is 10.2. The maximum absolute atomic E-state index is 10.5. The molecule has 0 saturated carbocycles. The minimum atomic E-state index is 0.563. The molecule has 3 heteroatoms. The standard InChI is InChI=1S/C57H35N3/c58-36-39-27-52(45-21-17-43(18-22-45)41-9-3-1-4-10-41)34-54(29-39)48-14-7-13-47(31-48)50-25-26-57(56(33-50)38-60)51-16-8-15-49(32-51)55-30-40(37-59)28-53(35-55)46-23-19-44(20-24-46)42-11-5-2-6-12-42/h1-35H. The molecule has 3 nitrogen and oxygen atoms in total.